The molecule has 0 unspecified atom stereocenters. The molecule has 1 N–H and O–H groups in total. The molecule has 0 atom stereocenters. The maximum absolute atomic E-state index is 12.9. The molecule has 0 radical (unpaired) electrons. The molecule has 1 fully saturated rings. The Bertz CT molecular complexity index is 1080. The van der Waals surface area contributed by atoms with E-state index in [4.69, 9.17) is 0 Å². The number of benzene rings is 2. The van der Waals surface area contributed by atoms with E-state index in [0.717, 1.165) is 16.8 Å². The number of piperidine rings is 1. The summed E-state index contributed by atoms with van der Waals surface area (Å²) in [5.74, 6) is -0.0740. The van der Waals surface area contributed by atoms with Crippen molar-refractivity contribution < 1.29 is 9.59 Å². The number of aromatic nitrogens is 3. The normalized spacial score (nSPS) is 14.9. The zero-order chi connectivity index (χ0) is 20.5. The van der Waals surface area contributed by atoms with Crippen molar-refractivity contribution in [2.75, 3.05) is 18.4 Å². The molecule has 0 aliphatic carbocycles. The van der Waals surface area contributed by atoms with Crippen LogP contribution < -0.4 is 5.32 Å². The van der Waals surface area contributed by atoms with Crippen LogP contribution in [0.4, 0.5) is 5.69 Å². The van der Waals surface area contributed by atoms with Crippen molar-refractivity contribution in [1.29, 1.82) is 0 Å². The summed E-state index contributed by atoms with van der Waals surface area (Å²) in [6, 6.07) is 11.4. The molecule has 2 amide bonds. The minimum Gasteiger partial charge on any atom is -0.339 e. The van der Waals surface area contributed by atoms with Crippen LogP contribution >= 0.6 is 0 Å². The first-order chi connectivity index (χ1) is 13.9. The highest BCUT2D eigenvalue weighted by atomic mass is 16.2. The molecule has 1 aromatic heterocycles. The highest BCUT2D eigenvalue weighted by molar-refractivity contribution is 5.98. The van der Waals surface area contributed by atoms with Crippen LogP contribution in [0.2, 0.25) is 0 Å². The van der Waals surface area contributed by atoms with Crippen molar-refractivity contribution in [2.24, 2.45) is 13.0 Å². The molecule has 1 aliphatic rings. The van der Waals surface area contributed by atoms with Crippen molar-refractivity contribution in [1.82, 2.24) is 19.9 Å². The van der Waals surface area contributed by atoms with Gasteiger partial charge in [0.25, 0.3) is 5.91 Å². The smallest absolute Gasteiger partial charge is 0.253 e. The van der Waals surface area contributed by atoms with E-state index in [1.54, 1.807) is 10.7 Å². The average molecular weight is 391 g/mol. The third-order valence-electron chi connectivity index (χ3n) is 5.79. The molecular weight excluding hydrogens is 366 g/mol. The predicted octanol–water partition coefficient (Wildman–Crippen LogP) is 3.08. The van der Waals surface area contributed by atoms with Gasteiger partial charge in [0, 0.05) is 37.3 Å². The fourth-order valence-electron chi connectivity index (χ4n) is 3.76. The fraction of sp³-hybridized carbons (Fsp3) is 0.364. The molecule has 0 spiro atoms. The van der Waals surface area contributed by atoms with E-state index in [9.17, 15) is 9.59 Å². The number of aryl methyl sites for hydroxylation is 3. The largest absolute Gasteiger partial charge is 0.339 e. The van der Waals surface area contributed by atoms with Gasteiger partial charge < -0.3 is 10.2 Å². The third kappa shape index (κ3) is 3.85. The van der Waals surface area contributed by atoms with Crippen LogP contribution in [0.15, 0.2) is 36.4 Å². The average Bonchev–Trinajstić information content (AvgIpc) is 3.10. The number of carbonyl (C=O) groups is 2. The van der Waals surface area contributed by atoms with Gasteiger partial charge in [0.05, 0.1) is 5.52 Å². The van der Waals surface area contributed by atoms with Crippen LogP contribution in [-0.2, 0) is 11.8 Å². The van der Waals surface area contributed by atoms with E-state index in [1.807, 2.05) is 49.2 Å². The first kappa shape index (κ1) is 19.1. The molecular formula is C22H25N5O2. The van der Waals surface area contributed by atoms with Gasteiger partial charge in [0.15, 0.2) is 0 Å². The van der Waals surface area contributed by atoms with Crippen LogP contribution in [0.3, 0.4) is 0 Å². The number of anilines is 1. The predicted molar refractivity (Wildman–Crippen MR) is 112 cm³/mol. The van der Waals surface area contributed by atoms with Crippen molar-refractivity contribution in [3.8, 4) is 0 Å². The zero-order valence-corrected chi connectivity index (χ0v) is 17.0. The van der Waals surface area contributed by atoms with Crippen molar-refractivity contribution in [3.63, 3.8) is 0 Å². The maximum atomic E-state index is 12.9. The highest BCUT2D eigenvalue weighted by Gasteiger charge is 2.28. The minimum absolute atomic E-state index is 0.0226. The first-order valence-corrected chi connectivity index (χ1v) is 9.89. The summed E-state index contributed by atoms with van der Waals surface area (Å²) in [5.41, 5.74) is 5.40. The zero-order valence-electron chi connectivity index (χ0n) is 17.0. The van der Waals surface area contributed by atoms with Gasteiger partial charge in [-0.3, -0.25) is 9.59 Å². The lowest BCUT2D eigenvalue weighted by Crippen LogP contribution is -2.41. The molecule has 1 aliphatic heterocycles. The van der Waals surface area contributed by atoms with Gasteiger partial charge in [0.1, 0.15) is 5.52 Å². The highest BCUT2D eigenvalue weighted by Crippen LogP contribution is 2.23. The molecule has 0 bridgehead atoms. The number of amides is 2. The Balaban J connectivity index is 1.37. The third-order valence-corrected chi connectivity index (χ3v) is 5.79. The first-order valence-electron chi connectivity index (χ1n) is 9.89. The molecule has 4 rings (SSSR count). The van der Waals surface area contributed by atoms with E-state index in [1.165, 1.54) is 5.56 Å². The molecule has 150 valence electrons. The van der Waals surface area contributed by atoms with E-state index >= 15 is 0 Å². The van der Waals surface area contributed by atoms with E-state index in [2.05, 4.69) is 22.6 Å². The molecule has 3 aromatic rings. The Morgan fingerprint density at radius 3 is 2.52 bits per heavy atom. The number of hydrogen-bond acceptors (Lipinski definition) is 4. The summed E-state index contributed by atoms with van der Waals surface area (Å²) in [4.78, 5) is 27.3. The van der Waals surface area contributed by atoms with Gasteiger partial charge in [-0.15, -0.1) is 5.10 Å². The van der Waals surface area contributed by atoms with Crippen LogP contribution in [0.1, 0.15) is 34.3 Å². The summed E-state index contributed by atoms with van der Waals surface area (Å²) >= 11 is 0. The van der Waals surface area contributed by atoms with Crippen LogP contribution in [0.5, 0.6) is 0 Å². The Labute approximate surface area is 169 Å². The van der Waals surface area contributed by atoms with E-state index in [-0.39, 0.29) is 17.7 Å². The number of carbonyl (C=O) groups excluding carboxylic acids is 2. The summed E-state index contributed by atoms with van der Waals surface area (Å²) in [7, 11) is 1.82. The Hall–Kier alpha value is -3.22. The molecule has 2 heterocycles. The van der Waals surface area contributed by atoms with Crippen LogP contribution in [-0.4, -0.2) is 44.8 Å². The second-order valence-corrected chi connectivity index (χ2v) is 7.77. The van der Waals surface area contributed by atoms with Crippen molar-refractivity contribution >= 4 is 28.5 Å². The van der Waals surface area contributed by atoms with Crippen LogP contribution in [0, 0.1) is 19.8 Å². The Morgan fingerprint density at radius 1 is 1.03 bits per heavy atom. The lowest BCUT2D eigenvalue weighted by molar-refractivity contribution is -0.121. The second-order valence-electron chi connectivity index (χ2n) is 7.77. The minimum atomic E-state index is -0.0804. The molecule has 7 nitrogen and oxygen atoms in total. The van der Waals surface area contributed by atoms with Crippen LogP contribution in [0.25, 0.3) is 11.0 Å². The lowest BCUT2D eigenvalue weighted by atomic mass is 9.95. The van der Waals surface area contributed by atoms with Gasteiger partial charge >= 0.3 is 0 Å². The summed E-state index contributed by atoms with van der Waals surface area (Å²) < 4.78 is 1.68. The van der Waals surface area contributed by atoms with Crippen molar-refractivity contribution in [2.45, 2.75) is 26.7 Å². The topological polar surface area (TPSA) is 80.1 Å². The number of nitrogens with one attached hydrogen (secondary N) is 1. The number of likely N-dealkylation sites (tertiary alicyclic amines) is 1. The standard InChI is InChI=1S/C22H25N5O2/c1-14-4-6-18(12-15(14)2)23-21(28)16-8-10-27(11-9-16)22(29)17-5-7-20-19(13-17)24-25-26(20)3/h4-7,12-13,16H,8-11H2,1-3H3,(H,23,28). The summed E-state index contributed by atoms with van der Waals surface area (Å²) in [5, 5.41) is 11.1. The SMILES string of the molecule is Cc1ccc(NC(=O)C2CCN(C(=O)c3ccc4c(c3)nnn4C)CC2)cc1C. The van der Waals surface area contributed by atoms with Gasteiger partial charge in [-0.25, -0.2) is 4.68 Å². The fourth-order valence-corrected chi connectivity index (χ4v) is 3.76. The number of rotatable bonds is 3. The van der Waals surface area contributed by atoms with Gasteiger partial charge in [-0.2, -0.15) is 0 Å². The summed E-state index contributed by atoms with van der Waals surface area (Å²) in [6.45, 7) is 5.23. The number of fused-ring (bicyclic) bond motifs is 1. The Kier molecular flexibility index (Phi) is 5.05. The monoisotopic (exact) mass is 391 g/mol. The number of nitrogens with zero attached hydrogens (tertiary/aromatic N) is 4. The quantitative estimate of drug-likeness (QED) is 0.744. The van der Waals surface area contributed by atoms with Gasteiger partial charge in [-0.1, -0.05) is 11.3 Å². The van der Waals surface area contributed by atoms with E-state index in [0.29, 0.717) is 37.0 Å². The molecule has 1 saturated heterocycles. The van der Waals surface area contributed by atoms with Crippen molar-refractivity contribution in [3.05, 3.63) is 53.1 Å². The summed E-state index contributed by atoms with van der Waals surface area (Å²) in [6.07, 6.45) is 1.33. The molecule has 2 aromatic carbocycles. The molecule has 7 heteroatoms. The van der Waals surface area contributed by atoms with Gasteiger partial charge in [-0.05, 0) is 68.1 Å². The van der Waals surface area contributed by atoms with E-state index < -0.39 is 0 Å². The molecule has 0 saturated carbocycles. The van der Waals surface area contributed by atoms with Gasteiger partial charge in [0.2, 0.25) is 5.91 Å². The maximum Gasteiger partial charge on any atom is 0.253 e. The molecule has 29 heavy (non-hydrogen) atoms. The second kappa shape index (κ2) is 7.66. The number of hydrogen-bond donors (Lipinski definition) is 1. The Morgan fingerprint density at radius 2 is 1.79 bits per heavy atom. The lowest BCUT2D eigenvalue weighted by Gasteiger charge is -2.31.